The molecule has 2 N–H and O–H groups in total. The number of rotatable bonds is 1. The fraction of sp³-hybridized carbons (Fsp3) is 0.143. The van der Waals surface area contributed by atoms with Gasteiger partial charge in [-0.1, -0.05) is 11.6 Å². The summed E-state index contributed by atoms with van der Waals surface area (Å²) >= 11 is 5.36. The largest absolute Gasteiger partial charge is 0.418 e. The molecule has 1 aromatic carbocycles. The third-order valence-corrected chi connectivity index (χ3v) is 1.96. The minimum atomic E-state index is -4.74. The number of alkyl halides is 3. The van der Waals surface area contributed by atoms with Gasteiger partial charge in [0.15, 0.2) is 0 Å². The summed E-state index contributed by atoms with van der Waals surface area (Å²) in [5.74, 6) is 0. The molecule has 0 aliphatic carbocycles. The van der Waals surface area contributed by atoms with Crippen molar-refractivity contribution in [2.24, 2.45) is 0 Å². The summed E-state index contributed by atoms with van der Waals surface area (Å²) in [5.41, 5.74) is 1.86. The fourth-order valence-electron chi connectivity index (χ4n) is 1.01. The average Bonchev–Trinajstić information content (AvgIpc) is 2.00. The maximum atomic E-state index is 12.3. The normalized spacial score (nSPS) is 11.5. The van der Waals surface area contributed by atoms with E-state index in [1.54, 1.807) is 0 Å². The molecule has 0 aliphatic heterocycles. The molecule has 4 nitrogen and oxygen atoms in total. The lowest BCUT2D eigenvalue weighted by molar-refractivity contribution is -0.383. The van der Waals surface area contributed by atoms with E-state index in [0.29, 0.717) is 6.07 Å². The minimum absolute atomic E-state index is 0.425. The number of anilines is 1. The lowest BCUT2D eigenvalue weighted by Crippen LogP contribution is -2.10. The zero-order chi connectivity index (χ0) is 11.8. The first-order valence-electron chi connectivity index (χ1n) is 3.54. The number of nitro groups is 1. The molecule has 0 fully saturated rings. The molecule has 0 aliphatic rings. The van der Waals surface area contributed by atoms with E-state index >= 15 is 0 Å². The van der Waals surface area contributed by atoms with Gasteiger partial charge in [-0.05, 0) is 12.1 Å². The van der Waals surface area contributed by atoms with E-state index < -0.39 is 33.1 Å². The minimum Gasteiger partial charge on any atom is -0.393 e. The van der Waals surface area contributed by atoms with E-state index in [1.165, 1.54) is 0 Å². The molecule has 82 valence electrons. The summed E-state index contributed by atoms with van der Waals surface area (Å²) in [5, 5.41) is 9.97. The zero-order valence-electron chi connectivity index (χ0n) is 7.01. The molecule has 0 aromatic heterocycles. The summed E-state index contributed by atoms with van der Waals surface area (Å²) < 4.78 is 36.8. The highest BCUT2D eigenvalue weighted by molar-refractivity contribution is 6.33. The van der Waals surface area contributed by atoms with Gasteiger partial charge in [-0.15, -0.1) is 0 Å². The van der Waals surface area contributed by atoms with E-state index in [4.69, 9.17) is 17.3 Å². The molecule has 1 aromatic rings. The number of hydrogen-bond acceptors (Lipinski definition) is 3. The summed E-state index contributed by atoms with van der Waals surface area (Å²) in [7, 11) is 0. The number of nitrogens with two attached hydrogens (primary N) is 1. The number of nitro benzene ring substituents is 1. The standard InChI is InChI=1S/C7H4ClF3N2O2/c8-4-2-1-3(7(9,10)11)5(12)6(4)13(14)15/h1-2H,12H2. The van der Waals surface area contributed by atoms with Crippen LogP contribution in [-0.4, -0.2) is 4.92 Å². The Hall–Kier alpha value is -1.50. The highest BCUT2D eigenvalue weighted by Crippen LogP contribution is 2.41. The molecule has 0 radical (unpaired) electrons. The fourth-order valence-corrected chi connectivity index (χ4v) is 1.25. The molecule has 0 atom stereocenters. The monoisotopic (exact) mass is 240 g/mol. The molecule has 0 saturated heterocycles. The van der Waals surface area contributed by atoms with Gasteiger partial charge in [-0.2, -0.15) is 13.2 Å². The van der Waals surface area contributed by atoms with Crippen molar-refractivity contribution >= 4 is 23.0 Å². The van der Waals surface area contributed by atoms with Crippen LogP contribution in [0.5, 0.6) is 0 Å². The van der Waals surface area contributed by atoms with Crippen LogP contribution in [0.25, 0.3) is 0 Å². The number of hydrogen-bond donors (Lipinski definition) is 1. The van der Waals surface area contributed by atoms with Crippen LogP contribution in [-0.2, 0) is 6.18 Å². The lowest BCUT2D eigenvalue weighted by Gasteiger charge is -2.10. The molecule has 0 heterocycles. The first-order chi connectivity index (χ1) is 6.75. The van der Waals surface area contributed by atoms with Crippen molar-refractivity contribution in [3.8, 4) is 0 Å². The van der Waals surface area contributed by atoms with Crippen LogP contribution in [0, 0.1) is 10.1 Å². The van der Waals surface area contributed by atoms with Crippen LogP contribution in [0.3, 0.4) is 0 Å². The van der Waals surface area contributed by atoms with Crippen molar-refractivity contribution in [3.05, 3.63) is 32.8 Å². The molecule has 0 spiro atoms. The van der Waals surface area contributed by atoms with Crippen molar-refractivity contribution in [2.45, 2.75) is 6.18 Å². The molecular formula is C7H4ClF3N2O2. The van der Waals surface area contributed by atoms with Crippen molar-refractivity contribution in [3.63, 3.8) is 0 Å². The van der Waals surface area contributed by atoms with Gasteiger partial charge in [0, 0.05) is 0 Å². The molecule has 0 unspecified atom stereocenters. The number of halogens is 4. The topological polar surface area (TPSA) is 69.2 Å². The quantitative estimate of drug-likeness (QED) is 0.466. The Labute approximate surface area is 86.6 Å². The summed E-state index contributed by atoms with van der Waals surface area (Å²) in [6.45, 7) is 0. The smallest absolute Gasteiger partial charge is 0.393 e. The maximum absolute atomic E-state index is 12.3. The van der Waals surface area contributed by atoms with E-state index in [2.05, 4.69) is 0 Å². The third kappa shape index (κ3) is 2.12. The van der Waals surface area contributed by atoms with Gasteiger partial charge in [0.1, 0.15) is 10.7 Å². The highest BCUT2D eigenvalue weighted by Gasteiger charge is 2.36. The molecule has 0 bridgehead atoms. The Kier molecular flexibility index (Phi) is 2.76. The zero-order valence-corrected chi connectivity index (χ0v) is 7.76. The maximum Gasteiger partial charge on any atom is 0.418 e. The SMILES string of the molecule is Nc1c(C(F)(F)F)ccc(Cl)c1[N+](=O)[O-]. The number of nitrogens with zero attached hydrogens (tertiary/aromatic N) is 1. The van der Waals surface area contributed by atoms with Gasteiger partial charge in [-0.25, -0.2) is 0 Å². The second kappa shape index (κ2) is 3.58. The predicted molar refractivity (Wildman–Crippen MR) is 47.5 cm³/mol. The summed E-state index contributed by atoms with van der Waals surface area (Å²) in [6, 6.07) is 1.39. The second-order valence-electron chi connectivity index (χ2n) is 2.61. The van der Waals surface area contributed by atoms with Crippen LogP contribution in [0.4, 0.5) is 24.5 Å². The van der Waals surface area contributed by atoms with Crippen LogP contribution in [0.1, 0.15) is 5.56 Å². The molecular weight excluding hydrogens is 237 g/mol. The Morgan fingerprint density at radius 1 is 1.40 bits per heavy atom. The Morgan fingerprint density at radius 2 is 1.93 bits per heavy atom. The van der Waals surface area contributed by atoms with E-state index in [0.717, 1.165) is 6.07 Å². The van der Waals surface area contributed by atoms with E-state index in [1.807, 2.05) is 0 Å². The van der Waals surface area contributed by atoms with Gasteiger partial charge in [-0.3, -0.25) is 10.1 Å². The van der Waals surface area contributed by atoms with Gasteiger partial charge < -0.3 is 5.73 Å². The second-order valence-corrected chi connectivity index (χ2v) is 3.02. The summed E-state index contributed by atoms with van der Waals surface area (Å²) in [6.07, 6.45) is -4.74. The molecule has 0 amide bonds. The van der Waals surface area contributed by atoms with Gasteiger partial charge in [0.05, 0.1) is 10.5 Å². The first kappa shape index (κ1) is 11.6. The molecule has 1 rings (SSSR count). The summed E-state index contributed by atoms with van der Waals surface area (Å²) in [4.78, 5) is 9.35. The number of benzene rings is 1. The third-order valence-electron chi connectivity index (χ3n) is 1.66. The predicted octanol–water partition coefficient (Wildman–Crippen LogP) is 2.85. The van der Waals surface area contributed by atoms with Gasteiger partial charge >= 0.3 is 11.9 Å². The molecule has 8 heteroatoms. The Balaban J connectivity index is 3.49. The van der Waals surface area contributed by atoms with Crippen molar-refractivity contribution in [2.75, 3.05) is 5.73 Å². The van der Waals surface area contributed by atoms with Crippen LogP contribution in [0.2, 0.25) is 5.02 Å². The van der Waals surface area contributed by atoms with Gasteiger partial charge in [0.25, 0.3) is 0 Å². The Morgan fingerprint density at radius 3 is 2.33 bits per heavy atom. The van der Waals surface area contributed by atoms with Crippen molar-refractivity contribution < 1.29 is 18.1 Å². The Bertz CT molecular complexity index is 419. The number of nitrogen functional groups attached to an aromatic ring is 1. The van der Waals surface area contributed by atoms with Crippen molar-refractivity contribution in [1.29, 1.82) is 0 Å². The first-order valence-corrected chi connectivity index (χ1v) is 3.92. The van der Waals surface area contributed by atoms with Crippen LogP contribution < -0.4 is 5.73 Å². The lowest BCUT2D eigenvalue weighted by atomic mass is 10.1. The van der Waals surface area contributed by atoms with Crippen molar-refractivity contribution in [1.82, 2.24) is 0 Å². The van der Waals surface area contributed by atoms with Crippen LogP contribution in [0.15, 0.2) is 12.1 Å². The van der Waals surface area contributed by atoms with Crippen LogP contribution >= 0.6 is 11.6 Å². The van der Waals surface area contributed by atoms with Gasteiger partial charge in [0.2, 0.25) is 0 Å². The highest BCUT2D eigenvalue weighted by atomic mass is 35.5. The average molecular weight is 241 g/mol. The van der Waals surface area contributed by atoms with E-state index in [9.17, 15) is 23.3 Å². The van der Waals surface area contributed by atoms with E-state index in [-0.39, 0.29) is 0 Å². The molecule has 15 heavy (non-hydrogen) atoms. The molecule has 0 saturated carbocycles.